The minimum atomic E-state index is -0.0546. The Hall–Kier alpha value is -1.89. The fourth-order valence-electron chi connectivity index (χ4n) is 2.65. The van der Waals surface area contributed by atoms with Crippen LogP contribution in [0.15, 0.2) is 56.8 Å². The maximum absolute atomic E-state index is 12.7. The molecule has 0 amide bonds. The second-order valence-corrected chi connectivity index (χ2v) is 9.05. The molecule has 3 heterocycles. The highest BCUT2D eigenvalue weighted by atomic mass is 32.2. The monoisotopic (exact) mass is 384 g/mol. The Morgan fingerprint density at radius 2 is 1.96 bits per heavy atom. The van der Waals surface area contributed by atoms with E-state index in [9.17, 15) is 4.79 Å². The lowest BCUT2D eigenvalue weighted by atomic mass is 10.2. The van der Waals surface area contributed by atoms with E-state index >= 15 is 0 Å². The van der Waals surface area contributed by atoms with Gasteiger partial charge in [-0.25, -0.2) is 4.98 Å². The highest BCUT2D eigenvalue weighted by Gasteiger charge is 2.17. The van der Waals surface area contributed by atoms with Gasteiger partial charge < -0.3 is 4.98 Å². The summed E-state index contributed by atoms with van der Waals surface area (Å²) in [6.07, 6.45) is 0. The molecule has 4 aromatic rings. The quantitative estimate of drug-likeness (QED) is 0.447. The van der Waals surface area contributed by atoms with Gasteiger partial charge in [0, 0.05) is 20.7 Å². The molecule has 25 heavy (non-hydrogen) atoms. The molecule has 0 radical (unpaired) electrons. The molecule has 1 atom stereocenters. The van der Waals surface area contributed by atoms with Crippen LogP contribution in [-0.2, 0) is 0 Å². The molecule has 1 N–H and O–H groups in total. The van der Waals surface area contributed by atoms with Crippen LogP contribution < -0.4 is 5.56 Å². The highest BCUT2D eigenvalue weighted by molar-refractivity contribution is 7.99. The lowest BCUT2D eigenvalue weighted by Crippen LogP contribution is -2.12. The topological polar surface area (TPSA) is 45.8 Å². The molecule has 0 fully saturated rings. The van der Waals surface area contributed by atoms with E-state index in [-0.39, 0.29) is 10.8 Å². The Morgan fingerprint density at radius 1 is 1.16 bits per heavy atom. The molecule has 4 rings (SSSR count). The van der Waals surface area contributed by atoms with Gasteiger partial charge >= 0.3 is 0 Å². The molecule has 3 nitrogen and oxygen atoms in total. The Kier molecular flexibility index (Phi) is 4.50. The van der Waals surface area contributed by atoms with Crippen molar-refractivity contribution in [3.05, 3.63) is 68.9 Å². The van der Waals surface area contributed by atoms with Crippen molar-refractivity contribution in [2.75, 3.05) is 0 Å². The van der Waals surface area contributed by atoms with Crippen LogP contribution in [0.5, 0.6) is 0 Å². The zero-order valence-corrected chi connectivity index (χ0v) is 16.2. The Labute approximate surface area is 157 Å². The molecule has 0 aliphatic carbocycles. The summed E-state index contributed by atoms with van der Waals surface area (Å²) in [5.41, 5.74) is 2.17. The molecule has 6 heteroatoms. The summed E-state index contributed by atoms with van der Waals surface area (Å²) in [5, 5.41) is 4.82. The molecule has 0 aliphatic heterocycles. The number of H-pyrrole nitrogens is 1. The summed E-state index contributed by atoms with van der Waals surface area (Å²) in [5.74, 6) is 0.725. The van der Waals surface area contributed by atoms with Gasteiger partial charge in [0.2, 0.25) is 0 Å². The number of hydrogen-bond donors (Lipinski definition) is 1. The van der Waals surface area contributed by atoms with E-state index in [1.165, 1.54) is 21.8 Å². The predicted molar refractivity (Wildman–Crippen MR) is 109 cm³/mol. The largest absolute Gasteiger partial charge is 0.309 e. The second-order valence-electron chi connectivity index (χ2n) is 5.83. The molecule has 126 valence electrons. The van der Waals surface area contributed by atoms with Crippen LogP contribution in [0.25, 0.3) is 20.7 Å². The van der Waals surface area contributed by atoms with Gasteiger partial charge in [0.1, 0.15) is 10.7 Å². The summed E-state index contributed by atoms with van der Waals surface area (Å²) >= 11 is 4.87. The van der Waals surface area contributed by atoms with Crippen LogP contribution in [-0.4, -0.2) is 9.97 Å². The van der Waals surface area contributed by atoms with E-state index in [0.29, 0.717) is 5.39 Å². The van der Waals surface area contributed by atoms with Crippen LogP contribution in [0.1, 0.15) is 23.6 Å². The van der Waals surface area contributed by atoms with Gasteiger partial charge in [-0.2, -0.15) is 0 Å². The van der Waals surface area contributed by atoms with Gasteiger partial charge in [-0.15, -0.1) is 34.4 Å². The summed E-state index contributed by atoms with van der Waals surface area (Å²) in [6.45, 7) is 4.15. The number of rotatable bonds is 4. The standard InChI is InChI=1S/C19H16N2OS3/c1-11-5-7-13(8-6-11)25-12(2)17-20-18(22)16-14(10-24-19(16)21-17)15-4-3-9-23-15/h3-10,12H,1-2H3,(H,20,21,22). The molecular formula is C19H16N2OS3. The molecule has 1 unspecified atom stereocenters. The zero-order valence-electron chi connectivity index (χ0n) is 13.8. The van der Waals surface area contributed by atoms with Gasteiger partial charge in [-0.05, 0) is 37.4 Å². The SMILES string of the molecule is Cc1ccc(SC(C)c2nc3scc(-c4cccs4)c3c(=O)[nH]2)cc1. The molecule has 1 aromatic carbocycles. The Bertz CT molecular complexity index is 1060. The lowest BCUT2D eigenvalue weighted by molar-refractivity contribution is 0.926. The first-order valence-electron chi connectivity index (χ1n) is 7.90. The molecular weight excluding hydrogens is 368 g/mol. The first-order chi connectivity index (χ1) is 12.1. The number of hydrogen-bond acceptors (Lipinski definition) is 5. The van der Waals surface area contributed by atoms with Crippen molar-refractivity contribution in [3.8, 4) is 10.4 Å². The smallest absolute Gasteiger partial charge is 0.260 e. The molecule has 0 spiro atoms. The number of nitrogens with zero attached hydrogens (tertiary/aromatic N) is 1. The number of benzene rings is 1. The first-order valence-corrected chi connectivity index (χ1v) is 10.5. The molecule has 0 saturated heterocycles. The van der Waals surface area contributed by atoms with Crippen LogP contribution >= 0.6 is 34.4 Å². The van der Waals surface area contributed by atoms with Gasteiger partial charge in [0.05, 0.1) is 10.6 Å². The minimum Gasteiger partial charge on any atom is -0.309 e. The second kappa shape index (κ2) is 6.78. The van der Waals surface area contributed by atoms with Crippen molar-refractivity contribution in [1.29, 1.82) is 0 Å². The van der Waals surface area contributed by atoms with E-state index in [2.05, 4.69) is 43.1 Å². The van der Waals surface area contributed by atoms with Gasteiger partial charge in [0.15, 0.2) is 0 Å². The number of aryl methyl sites for hydroxylation is 1. The zero-order chi connectivity index (χ0) is 17.4. The van der Waals surface area contributed by atoms with Crippen molar-refractivity contribution in [2.45, 2.75) is 24.0 Å². The van der Waals surface area contributed by atoms with Crippen molar-refractivity contribution in [3.63, 3.8) is 0 Å². The highest BCUT2D eigenvalue weighted by Crippen LogP contribution is 2.36. The van der Waals surface area contributed by atoms with Crippen molar-refractivity contribution in [1.82, 2.24) is 9.97 Å². The van der Waals surface area contributed by atoms with Crippen LogP contribution in [0.3, 0.4) is 0 Å². The van der Waals surface area contributed by atoms with E-state index in [4.69, 9.17) is 4.98 Å². The van der Waals surface area contributed by atoms with Crippen LogP contribution in [0, 0.1) is 6.92 Å². The number of thiophene rings is 2. The van der Waals surface area contributed by atoms with Gasteiger partial charge in [-0.1, -0.05) is 23.8 Å². The third-order valence-electron chi connectivity index (χ3n) is 3.97. The third kappa shape index (κ3) is 3.29. The van der Waals surface area contributed by atoms with Crippen molar-refractivity contribution < 1.29 is 0 Å². The summed E-state index contributed by atoms with van der Waals surface area (Å²) in [7, 11) is 0. The van der Waals surface area contributed by atoms with E-state index in [0.717, 1.165) is 21.1 Å². The maximum Gasteiger partial charge on any atom is 0.260 e. The maximum atomic E-state index is 12.7. The normalized spacial score (nSPS) is 12.6. The fourth-order valence-corrected chi connectivity index (χ4v) is 5.34. The number of aromatic amines is 1. The summed E-state index contributed by atoms with van der Waals surface area (Å²) in [4.78, 5) is 23.5. The molecule has 0 bridgehead atoms. The Balaban J connectivity index is 1.69. The third-order valence-corrected chi connectivity index (χ3v) is 6.86. The average Bonchev–Trinajstić information content (AvgIpc) is 3.25. The fraction of sp³-hybridized carbons (Fsp3) is 0.158. The molecule has 3 aromatic heterocycles. The average molecular weight is 385 g/mol. The number of aromatic nitrogens is 2. The number of thioether (sulfide) groups is 1. The minimum absolute atomic E-state index is 0.0546. The molecule has 0 aliphatic rings. The van der Waals surface area contributed by atoms with Crippen LogP contribution in [0.2, 0.25) is 0 Å². The summed E-state index contributed by atoms with van der Waals surface area (Å²) in [6, 6.07) is 12.4. The van der Waals surface area contributed by atoms with Gasteiger partial charge in [-0.3, -0.25) is 4.79 Å². The van der Waals surface area contributed by atoms with Gasteiger partial charge in [0.25, 0.3) is 5.56 Å². The Morgan fingerprint density at radius 3 is 2.68 bits per heavy atom. The van der Waals surface area contributed by atoms with Crippen molar-refractivity contribution >= 4 is 44.7 Å². The van der Waals surface area contributed by atoms with E-state index < -0.39 is 0 Å². The van der Waals surface area contributed by atoms with Crippen LogP contribution in [0.4, 0.5) is 0 Å². The lowest BCUT2D eigenvalue weighted by Gasteiger charge is -2.11. The van der Waals surface area contributed by atoms with E-state index in [1.54, 1.807) is 23.1 Å². The number of nitrogens with one attached hydrogen (secondary N) is 1. The van der Waals surface area contributed by atoms with E-state index in [1.807, 2.05) is 22.9 Å². The first kappa shape index (κ1) is 16.6. The molecule has 0 saturated carbocycles. The summed E-state index contributed by atoms with van der Waals surface area (Å²) < 4.78 is 0. The van der Waals surface area contributed by atoms with Crippen molar-refractivity contribution in [2.24, 2.45) is 0 Å². The predicted octanol–water partition coefficient (Wildman–Crippen LogP) is 5.87. The number of fused-ring (bicyclic) bond motifs is 1.